The van der Waals surface area contributed by atoms with Crippen LogP contribution in [-0.4, -0.2) is 26.6 Å². The highest BCUT2D eigenvalue weighted by molar-refractivity contribution is 7.98. The van der Waals surface area contributed by atoms with Gasteiger partial charge in [-0.05, 0) is 48.0 Å². The highest BCUT2D eigenvalue weighted by atomic mass is 32.2. The molecule has 2 N–H and O–H groups in total. The van der Waals surface area contributed by atoms with Gasteiger partial charge in [-0.2, -0.15) is 11.8 Å². The van der Waals surface area contributed by atoms with Crippen molar-refractivity contribution in [3.05, 3.63) is 95.8 Å². The Balaban J connectivity index is 1.46. The largest absolute Gasteiger partial charge is 0.351 e. The number of benzene rings is 3. The average molecular weight is 445 g/mol. The van der Waals surface area contributed by atoms with E-state index < -0.39 is 10.0 Å². The minimum Gasteiger partial charge on any atom is -0.351 e. The minimum absolute atomic E-state index is 0.166. The summed E-state index contributed by atoms with van der Waals surface area (Å²) in [6.45, 7) is 0.445. The number of sulfonamides is 1. The zero-order valence-electron chi connectivity index (χ0n) is 16.0. The molecule has 5 nitrogen and oxygen atoms in total. The minimum atomic E-state index is -3.67. The normalized spacial score (nSPS) is 11.1. The first-order valence-corrected chi connectivity index (χ1v) is 11.9. The molecule has 0 heterocycles. The van der Waals surface area contributed by atoms with Gasteiger partial charge in [0.2, 0.25) is 0 Å². The van der Waals surface area contributed by atoms with E-state index in [1.54, 1.807) is 60.7 Å². The highest BCUT2D eigenvalue weighted by Gasteiger charge is 2.13. The number of nitrogens with one attached hydrogen (secondary N) is 2. The number of carbonyl (C=O) groups excluding carboxylic acids is 1. The van der Waals surface area contributed by atoms with Crippen LogP contribution in [0.15, 0.2) is 83.8 Å². The van der Waals surface area contributed by atoms with Crippen molar-refractivity contribution in [1.29, 1.82) is 0 Å². The first-order chi connectivity index (χ1) is 14.5. The summed E-state index contributed by atoms with van der Waals surface area (Å²) in [5.41, 5.74) is 1.44. The van der Waals surface area contributed by atoms with Crippen LogP contribution in [-0.2, 0) is 15.8 Å². The fourth-order valence-electron chi connectivity index (χ4n) is 2.64. The van der Waals surface area contributed by atoms with Gasteiger partial charge in [-0.15, -0.1) is 0 Å². The van der Waals surface area contributed by atoms with Crippen LogP contribution in [0.1, 0.15) is 15.9 Å². The molecule has 30 heavy (non-hydrogen) atoms. The standard InChI is InChI=1S/C22H21FN2O3S2/c23-21-9-5-4-6-18(21)16-29-15-14-24-22(26)17-10-12-19(13-11-17)25-30(27,28)20-7-2-1-3-8-20/h1-13,25H,14-16H2,(H,24,26). The van der Waals surface area contributed by atoms with Crippen molar-refractivity contribution in [2.24, 2.45) is 0 Å². The molecule has 0 saturated heterocycles. The van der Waals surface area contributed by atoms with Gasteiger partial charge in [0.1, 0.15) is 5.82 Å². The lowest BCUT2D eigenvalue weighted by Gasteiger charge is -2.09. The number of carbonyl (C=O) groups is 1. The van der Waals surface area contributed by atoms with Crippen molar-refractivity contribution in [2.75, 3.05) is 17.0 Å². The summed E-state index contributed by atoms with van der Waals surface area (Å²) in [6.07, 6.45) is 0. The first kappa shape index (κ1) is 21.9. The topological polar surface area (TPSA) is 75.3 Å². The van der Waals surface area contributed by atoms with E-state index in [0.29, 0.717) is 34.9 Å². The lowest BCUT2D eigenvalue weighted by atomic mass is 10.2. The second-order valence-corrected chi connectivity index (χ2v) is 9.18. The summed E-state index contributed by atoms with van der Waals surface area (Å²) in [5, 5.41) is 2.80. The number of thioether (sulfide) groups is 1. The van der Waals surface area contributed by atoms with Crippen LogP contribution in [0, 0.1) is 5.82 Å². The lowest BCUT2D eigenvalue weighted by molar-refractivity contribution is 0.0956. The van der Waals surface area contributed by atoms with Gasteiger partial charge >= 0.3 is 0 Å². The molecule has 0 aliphatic carbocycles. The maximum atomic E-state index is 13.6. The fraction of sp³-hybridized carbons (Fsp3) is 0.136. The maximum Gasteiger partial charge on any atom is 0.261 e. The third-order valence-corrected chi connectivity index (χ3v) is 6.61. The molecule has 0 aliphatic rings. The zero-order valence-corrected chi connectivity index (χ0v) is 17.7. The Hall–Kier alpha value is -2.84. The van der Waals surface area contributed by atoms with E-state index in [1.807, 2.05) is 0 Å². The maximum absolute atomic E-state index is 13.6. The smallest absolute Gasteiger partial charge is 0.261 e. The van der Waals surface area contributed by atoms with Crippen molar-refractivity contribution >= 4 is 33.4 Å². The van der Waals surface area contributed by atoms with Gasteiger partial charge in [0.25, 0.3) is 15.9 Å². The van der Waals surface area contributed by atoms with E-state index in [4.69, 9.17) is 0 Å². The molecule has 156 valence electrons. The van der Waals surface area contributed by atoms with E-state index in [9.17, 15) is 17.6 Å². The van der Waals surface area contributed by atoms with Crippen molar-refractivity contribution in [1.82, 2.24) is 5.32 Å². The second kappa shape index (κ2) is 10.3. The van der Waals surface area contributed by atoms with Crippen molar-refractivity contribution in [2.45, 2.75) is 10.6 Å². The molecule has 3 aromatic rings. The van der Waals surface area contributed by atoms with Crippen LogP contribution >= 0.6 is 11.8 Å². The molecule has 0 aromatic heterocycles. The number of halogens is 1. The van der Waals surface area contributed by atoms with E-state index in [0.717, 1.165) is 0 Å². The molecular formula is C22H21FN2O3S2. The summed E-state index contributed by atoms with van der Waals surface area (Å²) < 4.78 is 40.7. The summed E-state index contributed by atoms with van der Waals surface area (Å²) in [6, 6.07) is 20.9. The zero-order chi connectivity index (χ0) is 21.4. The third kappa shape index (κ3) is 6.08. The van der Waals surface area contributed by atoms with Crippen molar-refractivity contribution in [3.63, 3.8) is 0 Å². The van der Waals surface area contributed by atoms with Gasteiger partial charge < -0.3 is 5.32 Å². The van der Waals surface area contributed by atoms with Gasteiger partial charge in [-0.1, -0.05) is 36.4 Å². The van der Waals surface area contributed by atoms with Crippen LogP contribution in [0.4, 0.5) is 10.1 Å². The fourth-order valence-corrected chi connectivity index (χ4v) is 4.56. The highest BCUT2D eigenvalue weighted by Crippen LogP contribution is 2.17. The average Bonchev–Trinajstić information content (AvgIpc) is 2.75. The Morgan fingerprint density at radius 1 is 0.900 bits per heavy atom. The second-order valence-electron chi connectivity index (χ2n) is 6.40. The molecule has 0 atom stereocenters. The Morgan fingerprint density at radius 2 is 1.57 bits per heavy atom. The summed E-state index contributed by atoms with van der Waals surface area (Å²) in [7, 11) is -3.67. The molecule has 0 unspecified atom stereocenters. The lowest BCUT2D eigenvalue weighted by Crippen LogP contribution is -2.25. The van der Waals surface area contributed by atoms with E-state index in [1.165, 1.54) is 30.0 Å². The first-order valence-electron chi connectivity index (χ1n) is 9.23. The third-order valence-electron chi connectivity index (χ3n) is 4.20. The number of anilines is 1. The van der Waals surface area contributed by atoms with Crippen LogP contribution < -0.4 is 10.0 Å². The van der Waals surface area contributed by atoms with Crippen LogP contribution in [0.25, 0.3) is 0 Å². The number of hydrogen-bond donors (Lipinski definition) is 2. The van der Waals surface area contributed by atoms with Crippen molar-refractivity contribution < 1.29 is 17.6 Å². The van der Waals surface area contributed by atoms with Gasteiger partial charge in [0.15, 0.2) is 0 Å². The molecule has 3 rings (SSSR count). The Morgan fingerprint density at radius 3 is 2.27 bits per heavy atom. The SMILES string of the molecule is O=C(NCCSCc1ccccc1F)c1ccc(NS(=O)(=O)c2ccccc2)cc1. The quantitative estimate of drug-likeness (QED) is 0.483. The predicted molar refractivity (Wildman–Crippen MR) is 119 cm³/mol. The molecule has 1 amide bonds. The summed E-state index contributed by atoms with van der Waals surface area (Å²) in [5.74, 6) is 0.712. The monoisotopic (exact) mass is 444 g/mol. The van der Waals surface area contributed by atoms with Gasteiger partial charge in [0, 0.05) is 29.3 Å². The molecule has 3 aromatic carbocycles. The van der Waals surface area contributed by atoms with Crippen LogP contribution in [0.5, 0.6) is 0 Å². The van der Waals surface area contributed by atoms with Crippen molar-refractivity contribution in [3.8, 4) is 0 Å². The predicted octanol–water partition coefficient (Wildman–Crippen LogP) is 4.29. The van der Waals surface area contributed by atoms with E-state index in [2.05, 4.69) is 10.0 Å². The molecule has 0 radical (unpaired) electrons. The van der Waals surface area contributed by atoms with Crippen LogP contribution in [0.2, 0.25) is 0 Å². The van der Waals surface area contributed by atoms with Gasteiger partial charge in [-0.3, -0.25) is 9.52 Å². The summed E-state index contributed by atoms with van der Waals surface area (Å²) >= 11 is 1.53. The van der Waals surface area contributed by atoms with E-state index >= 15 is 0 Å². The van der Waals surface area contributed by atoms with Gasteiger partial charge in [-0.25, -0.2) is 12.8 Å². The van der Waals surface area contributed by atoms with E-state index in [-0.39, 0.29) is 16.6 Å². The molecular weight excluding hydrogens is 423 g/mol. The Kier molecular flexibility index (Phi) is 7.48. The van der Waals surface area contributed by atoms with Crippen LogP contribution in [0.3, 0.4) is 0 Å². The molecule has 0 fully saturated rings. The van der Waals surface area contributed by atoms with Gasteiger partial charge in [0.05, 0.1) is 4.90 Å². The molecule has 0 aliphatic heterocycles. The Bertz CT molecular complexity index is 1090. The number of amides is 1. The summed E-state index contributed by atoms with van der Waals surface area (Å²) in [4.78, 5) is 12.4. The Labute approximate surface area is 179 Å². The molecule has 8 heteroatoms. The number of hydrogen-bond acceptors (Lipinski definition) is 4. The number of rotatable bonds is 9. The molecule has 0 spiro atoms. The molecule has 0 saturated carbocycles. The molecule has 0 bridgehead atoms.